The van der Waals surface area contributed by atoms with Crippen LogP contribution in [0.2, 0.25) is 0 Å². The lowest BCUT2D eigenvalue weighted by atomic mass is 9.87. The van der Waals surface area contributed by atoms with Gasteiger partial charge in [0, 0.05) is 22.0 Å². The normalized spacial score (nSPS) is 11.1. The molecule has 3 nitrogen and oxygen atoms in total. The van der Waals surface area contributed by atoms with Gasteiger partial charge in [-0.25, -0.2) is 0 Å². The van der Waals surface area contributed by atoms with Crippen molar-refractivity contribution in [2.75, 3.05) is 0 Å². The molecular formula is C27H20N2O. The highest BCUT2D eigenvalue weighted by atomic mass is 16.3. The number of hydrogen-bond donors (Lipinski definition) is 2. The number of aromatic amines is 1. The average molecular weight is 388 g/mol. The number of phenolic OH excluding ortho intramolecular Hbond substituents is 1. The Morgan fingerprint density at radius 1 is 0.767 bits per heavy atom. The molecule has 5 rings (SSSR count). The molecule has 4 aromatic carbocycles. The number of aromatic nitrogens is 1. The summed E-state index contributed by atoms with van der Waals surface area (Å²) in [4.78, 5) is 3.50. The van der Waals surface area contributed by atoms with Crippen molar-refractivity contribution in [2.24, 2.45) is 0 Å². The van der Waals surface area contributed by atoms with Crippen molar-refractivity contribution in [3.63, 3.8) is 0 Å². The second-order valence-electron chi connectivity index (χ2n) is 7.74. The van der Waals surface area contributed by atoms with Crippen LogP contribution in [0, 0.1) is 25.2 Å². The molecule has 5 aromatic rings. The zero-order valence-corrected chi connectivity index (χ0v) is 16.8. The van der Waals surface area contributed by atoms with E-state index in [1.165, 1.54) is 5.56 Å². The quantitative estimate of drug-likeness (QED) is 0.347. The summed E-state index contributed by atoms with van der Waals surface area (Å²) in [5.74, 6) is 0.0244. The molecule has 0 saturated heterocycles. The molecule has 0 fully saturated rings. The van der Waals surface area contributed by atoms with Crippen LogP contribution in [0.5, 0.6) is 5.75 Å². The minimum Gasteiger partial charge on any atom is -0.506 e. The van der Waals surface area contributed by atoms with E-state index >= 15 is 0 Å². The monoisotopic (exact) mass is 388 g/mol. The maximum atomic E-state index is 11.2. The van der Waals surface area contributed by atoms with Crippen LogP contribution < -0.4 is 0 Å². The van der Waals surface area contributed by atoms with Gasteiger partial charge in [0.05, 0.1) is 10.9 Å². The zero-order valence-electron chi connectivity index (χ0n) is 16.8. The van der Waals surface area contributed by atoms with Crippen molar-refractivity contribution < 1.29 is 5.11 Å². The first-order chi connectivity index (χ1) is 14.6. The molecule has 0 aliphatic heterocycles. The van der Waals surface area contributed by atoms with Crippen molar-refractivity contribution >= 4 is 21.8 Å². The molecule has 1 heterocycles. The van der Waals surface area contributed by atoms with Gasteiger partial charge in [-0.15, -0.1) is 0 Å². The lowest BCUT2D eigenvalue weighted by Gasteiger charge is -2.16. The minimum atomic E-state index is 0.0244. The lowest BCUT2D eigenvalue weighted by Crippen LogP contribution is -1.94. The predicted octanol–water partition coefficient (Wildman–Crippen LogP) is 6.85. The standard InChI is InChI=1S/C27H20N2O/c1-16-7-11-18(12-8-16)23-21(15-28)27(30)25-20-5-3-4-6-22(20)29-26(25)24(23)19-13-9-17(2)10-14-19/h3-14,29-30H,1-2H3. The van der Waals surface area contributed by atoms with Crippen molar-refractivity contribution in [2.45, 2.75) is 13.8 Å². The summed E-state index contributed by atoms with van der Waals surface area (Å²) < 4.78 is 0. The van der Waals surface area contributed by atoms with Gasteiger partial charge < -0.3 is 10.1 Å². The van der Waals surface area contributed by atoms with Crippen molar-refractivity contribution in [3.8, 4) is 34.1 Å². The number of rotatable bonds is 2. The highest BCUT2D eigenvalue weighted by molar-refractivity contribution is 6.19. The van der Waals surface area contributed by atoms with Crippen molar-refractivity contribution in [3.05, 3.63) is 89.5 Å². The number of aromatic hydroxyl groups is 1. The van der Waals surface area contributed by atoms with Gasteiger partial charge in [-0.1, -0.05) is 77.9 Å². The van der Waals surface area contributed by atoms with Crippen LogP contribution in [0.3, 0.4) is 0 Å². The molecule has 30 heavy (non-hydrogen) atoms. The zero-order chi connectivity index (χ0) is 20.8. The SMILES string of the molecule is Cc1ccc(-c2c(C#N)c(O)c3c([nH]c4ccccc43)c2-c2ccc(C)cc2)cc1. The highest BCUT2D eigenvalue weighted by Gasteiger charge is 2.24. The smallest absolute Gasteiger partial charge is 0.144 e. The van der Waals surface area contributed by atoms with Gasteiger partial charge in [-0.05, 0) is 31.0 Å². The van der Waals surface area contributed by atoms with Crippen LogP contribution in [0.15, 0.2) is 72.8 Å². The van der Waals surface area contributed by atoms with Crippen LogP contribution in [0.1, 0.15) is 16.7 Å². The fourth-order valence-electron chi connectivity index (χ4n) is 4.20. The molecule has 1 aromatic heterocycles. The number of aryl methyl sites for hydroxylation is 2. The fraction of sp³-hybridized carbons (Fsp3) is 0.0741. The molecule has 0 saturated carbocycles. The number of nitrogens with zero attached hydrogens (tertiary/aromatic N) is 1. The first-order valence-electron chi connectivity index (χ1n) is 9.92. The molecule has 2 N–H and O–H groups in total. The Morgan fingerprint density at radius 2 is 1.33 bits per heavy atom. The summed E-state index contributed by atoms with van der Waals surface area (Å²) in [7, 11) is 0. The average Bonchev–Trinajstić information content (AvgIpc) is 3.15. The van der Waals surface area contributed by atoms with Gasteiger partial charge >= 0.3 is 0 Å². The van der Waals surface area contributed by atoms with Gasteiger partial charge in [0.25, 0.3) is 0 Å². The van der Waals surface area contributed by atoms with Gasteiger partial charge in [0.15, 0.2) is 0 Å². The Bertz CT molecular complexity index is 1450. The third-order valence-corrected chi connectivity index (χ3v) is 5.72. The molecule has 0 unspecified atom stereocenters. The first kappa shape index (κ1) is 18.0. The summed E-state index contributed by atoms with van der Waals surface area (Å²) in [6.07, 6.45) is 0. The fourth-order valence-corrected chi connectivity index (χ4v) is 4.20. The number of benzene rings is 4. The van der Waals surface area contributed by atoms with Crippen molar-refractivity contribution in [1.82, 2.24) is 4.98 Å². The number of nitrogens with one attached hydrogen (secondary N) is 1. The van der Waals surface area contributed by atoms with Crippen LogP contribution >= 0.6 is 0 Å². The van der Waals surface area contributed by atoms with Gasteiger partial charge in [-0.3, -0.25) is 0 Å². The number of para-hydroxylation sites is 1. The van der Waals surface area contributed by atoms with E-state index in [4.69, 9.17) is 0 Å². The largest absolute Gasteiger partial charge is 0.506 e. The van der Waals surface area contributed by atoms with Crippen LogP contribution in [-0.4, -0.2) is 10.1 Å². The molecule has 0 amide bonds. The molecule has 0 radical (unpaired) electrons. The van der Waals surface area contributed by atoms with Gasteiger partial charge in [0.2, 0.25) is 0 Å². The molecule has 0 spiro atoms. The Hall–Kier alpha value is -4.03. The minimum absolute atomic E-state index is 0.0244. The Kier molecular flexibility index (Phi) is 4.08. The molecule has 0 bridgehead atoms. The molecule has 144 valence electrons. The summed E-state index contributed by atoms with van der Waals surface area (Å²) in [6.45, 7) is 4.09. The highest BCUT2D eigenvalue weighted by Crippen LogP contribution is 2.47. The Labute approximate surface area is 174 Å². The van der Waals surface area contributed by atoms with E-state index in [0.29, 0.717) is 10.9 Å². The number of H-pyrrole nitrogens is 1. The van der Waals surface area contributed by atoms with E-state index in [2.05, 4.69) is 42.2 Å². The van der Waals surface area contributed by atoms with Crippen LogP contribution in [0.4, 0.5) is 0 Å². The maximum Gasteiger partial charge on any atom is 0.144 e. The third kappa shape index (κ3) is 2.66. The Balaban J connectivity index is 2.02. The predicted molar refractivity (Wildman–Crippen MR) is 123 cm³/mol. The van der Waals surface area contributed by atoms with E-state index in [0.717, 1.165) is 44.2 Å². The van der Waals surface area contributed by atoms with E-state index in [1.807, 2.05) is 55.5 Å². The second-order valence-corrected chi connectivity index (χ2v) is 7.74. The van der Waals surface area contributed by atoms with E-state index in [9.17, 15) is 10.4 Å². The maximum absolute atomic E-state index is 11.2. The van der Waals surface area contributed by atoms with E-state index in [-0.39, 0.29) is 5.75 Å². The summed E-state index contributed by atoms with van der Waals surface area (Å²) >= 11 is 0. The summed E-state index contributed by atoms with van der Waals surface area (Å²) in [5, 5.41) is 22.9. The first-order valence-corrected chi connectivity index (χ1v) is 9.92. The summed E-state index contributed by atoms with van der Waals surface area (Å²) in [5.41, 5.74) is 7.97. The third-order valence-electron chi connectivity index (χ3n) is 5.72. The number of hydrogen-bond acceptors (Lipinski definition) is 2. The summed E-state index contributed by atoms with van der Waals surface area (Å²) in [6, 6.07) is 26.5. The topological polar surface area (TPSA) is 59.8 Å². The number of nitriles is 1. The van der Waals surface area contributed by atoms with Crippen LogP contribution in [0.25, 0.3) is 44.1 Å². The lowest BCUT2D eigenvalue weighted by molar-refractivity contribution is 0.480. The number of phenols is 1. The van der Waals surface area contributed by atoms with E-state index < -0.39 is 0 Å². The van der Waals surface area contributed by atoms with E-state index in [1.54, 1.807) is 0 Å². The molecule has 0 aliphatic rings. The van der Waals surface area contributed by atoms with Gasteiger partial charge in [-0.2, -0.15) is 5.26 Å². The van der Waals surface area contributed by atoms with Crippen molar-refractivity contribution in [1.29, 1.82) is 5.26 Å². The second kappa shape index (κ2) is 6.79. The molecule has 0 aliphatic carbocycles. The molecule has 0 atom stereocenters. The molecule has 3 heteroatoms. The number of fused-ring (bicyclic) bond motifs is 3. The molecular weight excluding hydrogens is 368 g/mol. The van der Waals surface area contributed by atoms with Crippen LogP contribution in [-0.2, 0) is 0 Å². The van der Waals surface area contributed by atoms with Gasteiger partial charge in [0.1, 0.15) is 17.4 Å². The Morgan fingerprint density at radius 3 is 1.93 bits per heavy atom.